The van der Waals surface area contributed by atoms with E-state index >= 15 is 0 Å². The summed E-state index contributed by atoms with van der Waals surface area (Å²) in [5.74, 6) is 0.362. The predicted octanol–water partition coefficient (Wildman–Crippen LogP) is 6.81. The first kappa shape index (κ1) is 24.7. The second-order valence-electron chi connectivity index (χ2n) is 11.1. The number of hydrogen-bond acceptors (Lipinski definition) is 2. The molecular weight excluding hydrogens is 415 g/mol. The third kappa shape index (κ3) is 4.55. The largest absolute Gasteiger partial charge is 0.487 e. The first-order valence-corrected chi connectivity index (χ1v) is 11.5. The normalized spacial score (nSPS) is 22.9. The Hall–Kier alpha value is -1.98. The number of halogens is 3. The molecule has 1 amide bonds. The summed E-state index contributed by atoms with van der Waals surface area (Å²) < 4.78 is 46.2. The quantitative estimate of drug-likeness (QED) is 0.534. The molecule has 1 aromatic rings. The summed E-state index contributed by atoms with van der Waals surface area (Å²) in [7, 11) is 0. The van der Waals surface area contributed by atoms with E-state index in [1.54, 1.807) is 6.08 Å². The SMILES string of the molecule is CCCC(C)(C)c1ccc2c(c1)OC(C)(C)[C@@H]1CC=C(C(=O)NC(C)(C)C(F)(F)F)C[C@@H]21. The fourth-order valence-electron chi connectivity index (χ4n) is 5.09. The van der Waals surface area contributed by atoms with Crippen LogP contribution in [-0.2, 0) is 10.2 Å². The molecule has 1 aliphatic heterocycles. The smallest absolute Gasteiger partial charge is 0.410 e. The van der Waals surface area contributed by atoms with E-state index in [4.69, 9.17) is 4.74 Å². The molecule has 0 saturated carbocycles. The van der Waals surface area contributed by atoms with Crippen LogP contribution in [-0.4, -0.2) is 23.2 Å². The van der Waals surface area contributed by atoms with E-state index in [1.807, 2.05) is 0 Å². The molecule has 0 radical (unpaired) electrons. The number of alkyl halides is 3. The highest BCUT2D eigenvalue weighted by Crippen LogP contribution is 2.52. The number of carbonyl (C=O) groups excluding carboxylic acids is 1. The van der Waals surface area contributed by atoms with E-state index in [-0.39, 0.29) is 17.3 Å². The topological polar surface area (TPSA) is 38.3 Å². The van der Waals surface area contributed by atoms with E-state index in [0.717, 1.165) is 38.0 Å². The van der Waals surface area contributed by atoms with Crippen molar-refractivity contribution in [3.05, 3.63) is 41.0 Å². The molecule has 2 atom stereocenters. The van der Waals surface area contributed by atoms with Crippen molar-refractivity contribution in [2.45, 2.75) is 103 Å². The fourth-order valence-corrected chi connectivity index (χ4v) is 5.09. The molecule has 1 N–H and O–H groups in total. The van der Waals surface area contributed by atoms with Gasteiger partial charge in [-0.3, -0.25) is 4.79 Å². The highest BCUT2D eigenvalue weighted by molar-refractivity contribution is 5.94. The third-order valence-electron chi connectivity index (χ3n) is 7.31. The number of fused-ring (bicyclic) bond motifs is 3. The molecule has 0 fully saturated rings. The molecule has 1 heterocycles. The van der Waals surface area contributed by atoms with Crippen molar-refractivity contribution in [2.75, 3.05) is 0 Å². The van der Waals surface area contributed by atoms with Crippen LogP contribution in [0.3, 0.4) is 0 Å². The summed E-state index contributed by atoms with van der Waals surface area (Å²) in [5.41, 5.74) is -0.0249. The molecule has 178 valence electrons. The van der Waals surface area contributed by atoms with Crippen LogP contribution in [0.25, 0.3) is 0 Å². The predicted molar refractivity (Wildman–Crippen MR) is 121 cm³/mol. The number of allylic oxidation sites excluding steroid dienone is 1. The number of nitrogens with one attached hydrogen (secondary N) is 1. The Morgan fingerprint density at radius 3 is 2.44 bits per heavy atom. The zero-order valence-corrected chi connectivity index (χ0v) is 20.2. The highest BCUT2D eigenvalue weighted by atomic mass is 19.4. The summed E-state index contributed by atoms with van der Waals surface area (Å²) in [6, 6.07) is 6.35. The summed E-state index contributed by atoms with van der Waals surface area (Å²) in [4.78, 5) is 12.8. The number of rotatable bonds is 5. The maximum Gasteiger partial charge on any atom is 0.410 e. The number of amides is 1. The minimum atomic E-state index is -4.52. The third-order valence-corrected chi connectivity index (χ3v) is 7.31. The van der Waals surface area contributed by atoms with Gasteiger partial charge in [-0.05, 0) is 75.5 Å². The molecule has 3 nitrogen and oxygen atoms in total. The molecule has 2 aliphatic rings. The number of hydrogen-bond donors (Lipinski definition) is 1. The van der Waals surface area contributed by atoms with E-state index in [9.17, 15) is 18.0 Å². The monoisotopic (exact) mass is 451 g/mol. The average molecular weight is 452 g/mol. The number of ether oxygens (including phenoxy) is 1. The van der Waals surface area contributed by atoms with Crippen molar-refractivity contribution in [3.63, 3.8) is 0 Å². The Kier molecular flexibility index (Phi) is 6.25. The maximum absolute atomic E-state index is 13.3. The van der Waals surface area contributed by atoms with E-state index in [0.29, 0.717) is 18.4 Å². The molecule has 0 unspecified atom stereocenters. The van der Waals surface area contributed by atoms with Gasteiger partial charge < -0.3 is 10.1 Å². The van der Waals surface area contributed by atoms with E-state index in [1.165, 1.54) is 5.56 Å². The summed E-state index contributed by atoms with van der Waals surface area (Å²) in [6.07, 6.45) is 0.409. The van der Waals surface area contributed by atoms with Crippen LogP contribution in [0.4, 0.5) is 13.2 Å². The van der Waals surface area contributed by atoms with Crippen molar-refractivity contribution in [3.8, 4) is 5.75 Å². The molecule has 1 aliphatic carbocycles. The molecule has 3 rings (SSSR count). The van der Waals surface area contributed by atoms with Crippen LogP contribution in [0.15, 0.2) is 29.8 Å². The Balaban J connectivity index is 1.91. The van der Waals surface area contributed by atoms with Crippen LogP contribution < -0.4 is 10.1 Å². The van der Waals surface area contributed by atoms with E-state index < -0.39 is 23.2 Å². The van der Waals surface area contributed by atoms with Gasteiger partial charge in [0.1, 0.15) is 16.9 Å². The second kappa shape index (κ2) is 8.11. The van der Waals surface area contributed by atoms with E-state index in [2.05, 4.69) is 58.1 Å². The zero-order chi connectivity index (χ0) is 24.1. The standard InChI is InChI=1S/C26H36F3NO2/c1-8-13-23(2,3)17-10-11-18-19-14-16(22(31)30-25(6,7)26(27,28)29)9-12-20(19)24(4,5)32-21(18)15-17/h9-11,15,19-20H,8,12-14H2,1-7H3,(H,30,31)/t19-,20+/m0/s1. The molecular formula is C26H36F3NO2. The van der Waals surface area contributed by atoms with Gasteiger partial charge in [0.25, 0.3) is 0 Å². The van der Waals surface area contributed by atoms with Crippen LogP contribution in [0.2, 0.25) is 0 Å². The first-order chi connectivity index (χ1) is 14.6. The number of carbonyl (C=O) groups is 1. The summed E-state index contributed by atoms with van der Waals surface area (Å²) in [6.45, 7) is 12.7. The molecule has 0 aromatic heterocycles. The van der Waals surface area contributed by atoms with Crippen LogP contribution >= 0.6 is 0 Å². The molecule has 32 heavy (non-hydrogen) atoms. The van der Waals surface area contributed by atoms with Gasteiger partial charge in [0.15, 0.2) is 0 Å². The Morgan fingerprint density at radius 2 is 1.84 bits per heavy atom. The van der Waals surface area contributed by atoms with Crippen LogP contribution in [0.1, 0.15) is 91.2 Å². The molecule has 6 heteroatoms. The minimum absolute atomic E-state index is 0.0226. The number of benzene rings is 1. The zero-order valence-electron chi connectivity index (χ0n) is 20.2. The fraction of sp³-hybridized carbons (Fsp3) is 0.654. The molecule has 0 saturated heterocycles. The van der Waals surface area contributed by atoms with Crippen molar-refractivity contribution in [1.82, 2.24) is 5.32 Å². The highest BCUT2D eigenvalue weighted by Gasteiger charge is 2.50. The van der Waals surface area contributed by atoms with Gasteiger partial charge in [0.05, 0.1) is 0 Å². The summed E-state index contributed by atoms with van der Waals surface area (Å²) >= 11 is 0. The molecule has 0 spiro atoms. The lowest BCUT2D eigenvalue weighted by Crippen LogP contribution is -2.55. The molecule has 0 bridgehead atoms. The van der Waals surface area contributed by atoms with Gasteiger partial charge in [-0.25, -0.2) is 0 Å². The minimum Gasteiger partial charge on any atom is -0.487 e. The Morgan fingerprint density at radius 1 is 1.19 bits per heavy atom. The van der Waals surface area contributed by atoms with Crippen molar-refractivity contribution >= 4 is 5.91 Å². The lowest BCUT2D eigenvalue weighted by atomic mass is 9.66. The maximum atomic E-state index is 13.3. The van der Waals surface area contributed by atoms with Gasteiger partial charge in [-0.2, -0.15) is 13.2 Å². The van der Waals surface area contributed by atoms with Gasteiger partial charge in [0.2, 0.25) is 5.91 Å². The second-order valence-corrected chi connectivity index (χ2v) is 11.1. The average Bonchev–Trinajstić information content (AvgIpc) is 2.65. The summed E-state index contributed by atoms with van der Waals surface area (Å²) in [5, 5.41) is 2.19. The first-order valence-electron chi connectivity index (χ1n) is 11.5. The van der Waals surface area contributed by atoms with Gasteiger partial charge >= 0.3 is 6.18 Å². The Bertz CT molecular complexity index is 912. The van der Waals surface area contributed by atoms with Gasteiger partial charge in [-0.15, -0.1) is 0 Å². The van der Waals surface area contributed by atoms with Crippen molar-refractivity contribution in [2.24, 2.45) is 5.92 Å². The molecule has 1 aromatic carbocycles. The van der Waals surface area contributed by atoms with Crippen molar-refractivity contribution < 1.29 is 22.7 Å². The lowest BCUT2D eigenvalue weighted by molar-refractivity contribution is -0.187. The van der Waals surface area contributed by atoms with Gasteiger partial charge in [0, 0.05) is 11.5 Å². The Labute approximate surface area is 189 Å². The van der Waals surface area contributed by atoms with Crippen molar-refractivity contribution in [1.29, 1.82) is 0 Å². The van der Waals surface area contributed by atoms with Gasteiger partial charge in [-0.1, -0.05) is 45.4 Å². The van der Waals surface area contributed by atoms with Crippen LogP contribution in [0.5, 0.6) is 5.75 Å². The lowest BCUT2D eigenvalue weighted by Gasteiger charge is -2.47. The van der Waals surface area contributed by atoms with Crippen LogP contribution in [0, 0.1) is 5.92 Å².